The molecule has 1 unspecified atom stereocenters. The molecule has 114 valence electrons. The Morgan fingerprint density at radius 2 is 1.95 bits per heavy atom. The maximum atomic E-state index is 12.4. The van der Waals surface area contributed by atoms with E-state index in [1.165, 1.54) is 12.1 Å². The van der Waals surface area contributed by atoms with Crippen molar-refractivity contribution in [3.63, 3.8) is 0 Å². The molecule has 4 nitrogen and oxygen atoms in total. The molecule has 0 aliphatic rings. The van der Waals surface area contributed by atoms with E-state index in [0.717, 1.165) is 0 Å². The van der Waals surface area contributed by atoms with Crippen molar-refractivity contribution in [2.75, 3.05) is 5.73 Å². The molecule has 4 N–H and O–H groups in total. The normalized spacial score (nSPS) is 13.5. The number of nitrogen functional groups attached to an aromatic ring is 1. The lowest BCUT2D eigenvalue weighted by atomic mass is 10.0. The lowest BCUT2D eigenvalue weighted by Gasteiger charge is -2.16. The lowest BCUT2D eigenvalue weighted by molar-refractivity contribution is -0.274. The van der Waals surface area contributed by atoms with E-state index < -0.39 is 12.4 Å². The largest absolute Gasteiger partial charge is 0.573 e. The maximum Gasteiger partial charge on any atom is 0.573 e. The number of anilines is 1. The minimum Gasteiger partial charge on any atom is -0.406 e. The van der Waals surface area contributed by atoms with Crippen LogP contribution in [0.1, 0.15) is 24.1 Å². The molecule has 21 heavy (non-hydrogen) atoms. The Bertz CT molecular complexity index is 701. The second kappa shape index (κ2) is 5.34. The van der Waals surface area contributed by atoms with E-state index in [0.29, 0.717) is 26.5 Å². The zero-order chi connectivity index (χ0) is 15.9. The second-order valence-corrected chi connectivity index (χ2v) is 5.49. The molecule has 1 heterocycles. The number of aryl methyl sites for hydroxylation is 1. The van der Waals surface area contributed by atoms with Gasteiger partial charge in [0, 0.05) is 21.5 Å². The molecule has 2 rings (SSSR count). The molecule has 0 radical (unpaired) electrons. The van der Waals surface area contributed by atoms with Crippen molar-refractivity contribution in [2.45, 2.75) is 26.3 Å². The summed E-state index contributed by atoms with van der Waals surface area (Å²) < 4.78 is 41.6. The molecule has 2 aromatic rings. The van der Waals surface area contributed by atoms with Crippen LogP contribution < -0.4 is 16.2 Å². The summed E-state index contributed by atoms with van der Waals surface area (Å²) in [5.41, 5.74) is 13.3. The molecule has 0 aliphatic carbocycles. The highest BCUT2D eigenvalue weighted by Gasteiger charge is 2.31. The first-order chi connectivity index (χ1) is 9.60. The summed E-state index contributed by atoms with van der Waals surface area (Å²) in [5, 5.41) is 0.468. The Morgan fingerprint density at radius 3 is 2.48 bits per heavy atom. The monoisotopic (exact) mass is 363 g/mol. The molecule has 1 aromatic heterocycles. The van der Waals surface area contributed by atoms with E-state index >= 15 is 0 Å². The minimum atomic E-state index is -4.75. The first-order valence-electron chi connectivity index (χ1n) is 6.00. The van der Waals surface area contributed by atoms with Crippen LogP contribution in [0.3, 0.4) is 0 Å². The quantitative estimate of drug-likeness (QED) is 0.850. The third-order valence-corrected chi connectivity index (χ3v) is 3.80. The van der Waals surface area contributed by atoms with Crippen LogP contribution in [-0.4, -0.2) is 11.3 Å². The first-order valence-corrected chi connectivity index (χ1v) is 6.80. The van der Waals surface area contributed by atoms with E-state index in [2.05, 4.69) is 25.7 Å². The summed E-state index contributed by atoms with van der Waals surface area (Å²) in [4.78, 5) is 4.23. The number of benzene rings is 1. The van der Waals surface area contributed by atoms with Crippen LogP contribution in [0, 0.1) is 6.92 Å². The topological polar surface area (TPSA) is 74.2 Å². The summed E-state index contributed by atoms with van der Waals surface area (Å²) in [6.07, 6.45) is -4.75. The van der Waals surface area contributed by atoms with E-state index in [1.54, 1.807) is 13.8 Å². The van der Waals surface area contributed by atoms with E-state index in [4.69, 9.17) is 11.5 Å². The fourth-order valence-corrected chi connectivity index (χ4v) is 2.99. The predicted octanol–water partition coefficient (Wildman–Crippen LogP) is 3.81. The molecule has 1 atom stereocenters. The summed E-state index contributed by atoms with van der Waals surface area (Å²) in [6, 6.07) is 2.11. The predicted molar refractivity (Wildman–Crippen MR) is 77.9 cm³/mol. The van der Waals surface area contributed by atoms with Gasteiger partial charge in [0.05, 0.1) is 5.52 Å². The van der Waals surface area contributed by atoms with Gasteiger partial charge in [-0.3, -0.25) is 0 Å². The number of nitrogens with zero attached hydrogens (tertiary/aromatic N) is 1. The van der Waals surface area contributed by atoms with Crippen LogP contribution in [0.2, 0.25) is 0 Å². The highest BCUT2D eigenvalue weighted by atomic mass is 79.9. The van der Waals surface area contributed by atoms with Crippen LogP contribution in [-0.2, 0) is 0 Å². The number of aromatic nitrogens is 1. The summed E-state index contributed by atoms with van der Waals surface area (Å²) in [5.74, 6) is -0.0626. The summed E-state index contributed by atoms with van der Waals surface area (Å²) >= 11 is 3.34. The Morgan fingerprint density at radius 1 is 1.33 bits per heavy atom. The maximum absolute atomic E-state index is 12.4. The van der Waals surface area contributed by atoms with E-state index in [9.17, 15) is 13.2 Å². The first kappa shape index (κ1) is 15.8. The van der Waals surface area contributed by atoms with Crippen molar-refractivity contribution in [1.29, 1.82) is 0 Å². The molecule has 0 spiro atoms. The Kier molecular flexibility index (Phi) is 4.03. The Hall–Kier alpha value is -1.54. The average Bonchev–Trinajstić information content (AvgIpc) is 2.28. The Balaban J connectivity index is 2.72. The zero-order valence-electron chi connectivity index (χ0n) is 11.3. The van der Waals surface area contributed by atoms with Crippen molar-refractivity contribution in [1.82, 2.24) is 4.98 Å². The van der Waals surface area contributed by atoms with Gasteiger partial charge < -0.3 is 16.2 Å². The molecule has 1 aromatic carbocycles. The molecule has 0 aliphatic heterocycles. The number of nitrogens with two attached hydrogens (primary N) is 2. The van der Waals surface area contributed by atoms with Gasteiger partial charge in [-0.25, -0.2) is 4.98 Å². The van der Waals surface area contributed by atoms with Crippen molar-refractivity contribution < 1.29 is 17.9 Å². The number of fused-ring (bicyclic) bond motifs is 1. The molecule has 8 heteroatoms. The molecule has 0 amide bonds. The molecule has 0 saturated carbocycles. The molecule has 0 fully saturated rings. The van der Waals surface area contributed by atoms with Crippen molar-refractivity contribution in [3.05, 3.63) is 27.7 Å². The van der Waals surface area contributed by atoms with Crippen molar-refractivity contribution in [3.8, 4) is 5.75 Å². The lowest BCUT2D eigenvalue weighted by Crippen LogP contribution is -2.17. The van der Waals surface area contributed by atoms with Gasteiger partial charge in [0.2, 0.25) is 0 Å². The number of hydrogen-bond acceptors (Lipinski definition) is 4. The highest BCUT2D eigenvalue weighted by molar-refractivity contribution is 9.10. The van der Waals surface area contributed by atoms with Gasteiger partial charge in [-0.05, 0) is 47.5 Å². The molecule has 0 bridgehead atoms. The van der Waals surface area contributed by atoms with Gasteiger partial charge in [-0.2, -0.15) is 0 Å². The van der Waals surface area contributed by atoms with Gasteiger partial charge >= 0.3 is 6.36 Å². The zero-order valence-corrected chi connectivity index (χ0v) is 12.8. The van der Waals surface area contributed by atoms with Gasteiger partial charge in [0.25, 0.3) is 0 Å². The van der Waals surface area contributed by atoms with E-state index in [-0.39, 0.29) is 11.6 Å². The van der Waals surface area contributed by atoms with Crippen molar-refractivity contribution in [2.24, 2.45) is 5.73 Å². The van der Waals surface area contributed by atoms with Crippen LogP contribution in [0.15, 0.2) is 16.6 Å². The van der Waals surface area contributed by atoms with Crippen LogP contribution in [0.4, 0.5) is 19.0 Å². The SMILES string of the molecule is Cc1cc(OC(F)(F)F)cc2c(Br)c(C(C)N)c(N)nc12. The van der Waals surface area contributed by atoms with Gasteiger partial charge in [-0.1, -0.05) is 0 Å². The average molecular weight is 364 g/mol. The molecule has 0 saturated heterocycles. The number of halogens is 4. The van der Waals surface area contributed by atoms with Crippen LogP contribution in [0.5, 0.6) is 5.75 Å². The number of alkyl halides is 3. The third kappa shape index (κ3) is 3.21. The number of ether oxygens (including phenoxy) is 1. The van der Waals surface area contributed by atoms with Crippen molar-refractivity contribution >= 4 is 32.7 Å². The molecular formula is C13H13BrF3N3O. The fraction of sp³-hybridized carbons (Fsp3) is 0.308. The van der Waals surface area contributed by atoms with Crippen LogP contribution in [0.25, 0.3) is 10.9 Å². The smallest absolute Gasteiger partial charge is 0.406 e. The number of rotatable bonds is 2. The number of hydrogen-bond donors (Lipinski definition) is 2. The van der Waals surface area contributed by atoms with Crippen LogP contribution >= 0.6 is 15.9 Å². The number of pyridine rings is 1. The highest BCUT2D eigenvalue weighted by Crippen LogP contribution is 2.37. The fourth-order valence-electron chi connectivity index (χ4n) is 2.13. The molecular weight excluding hydrogens is 351 g/mol. The van der Waals surface area contributed by atoms with Gasteiger partial charge in [0.1, 0.15) is 11.6 Å². The second-order valence-electron chi connectivity index (χ2n) is 4.70. The van der Waals surface area contributed by atoms with E-state index in [1.807, 2.05) is 0 Å². The standard InChI is InChI=1S/C13H13BrF3N3O/c1-5-3-7(21-13(15,16)17)4-8-10(14)9(6(2)18)12(19)20-11(5)8/h3-4,6H,18H2,1-2H3,(H2,19,20). The Labute approximate surface area is 127 Å². The van der Waals surface area contributed by atoms with Gasteiger partial charge in [-0.15, -0.1) is 13.2 Å². The third-order valence-electron chi connectivity index (χ3n) is 2.94. The minimum absolute atomic E-state index is 0.247. The summed E-state index contributed by atoms with van der Waals surface area (Å²) in [6.45, 7) is 3.35. The van der Waals surface area contributed by atoms with Gasteiger partial charge in [0.15, 0.2) is 0 Å². The summed E-state index contributed by atoms with van der Waals surface area (Å²) in [7, 11) is 0.